The van der Waals surface area contributed by atoms with Crippen LogP contribution in [0.5, 0.6) is 5.75 Å². The lowest BCUT2D eigenvalue weighted by Crippen LogP contribution is -2.49. The number of aromatic nitrogens is 2. The van der Waals surface area contributed by atoms with Crippen molar-refractivity contribution in [2.75, 3.05) is 33.3 Å². The van der Waals surface area contributed by atoms with E-state index in [0.29, 0.717) is 0 Å². The van der Waals surface area contributed by atoms with Crippen LogP contribution < -0.4 is 4.74 Å². The highest BCUT2D eigenvalue weighted by Gasteiger charge is 2.25. The number of benzene rings is 2. The molecule has 180 valence electrons. The number of fused-ring (bicyclic) bond motifs is 1. The molecule has 0 aliphatic carbocycles. The van der Waals surface area contributed by atoms with Gasteiger partial charge >= 0.3 is 0 Å². The molecule has 2 aromatic carbocycles. The molecule has 0 atom stereocenters. The Hall–Kier alpha value is -3.64. The summed E-state index contributed by atoms with van der Waals surface area (Å²) in [4.78, 5) is 21.9. The third-order valence-corrected chi connectivity index (χ3v) is 6.74. The van der Waals surface area contributed by atoms with Gasteiger partial charge in [-0.1, -0.05) is 44.2 Å². The van der Waals surface area contributed by atoms with Crippen molar-refractivity contribution in [2.45, 2.75) is 20.4 Å². The predicted octanol–water partition coefficient (Wildman–Crippen LogP) is 4.98. The lowest BCUT2D eigenvalue weighted by atomic mass is 10.1. The number of hydrogen-bond donors (Lipinski definition) is 0. The van der Waals surface area contributed by atoms with Crippen molar-refractivity contribution in [3.8, 4) is 28.1 Å². The Bertz CT molecular complexity index is 1300. The Labute approximate surface area is 206 Å². The van der Waals surface area contributed by atoms with Gasteiger partial charge in [-0.2, -0.15) is 0 Å². The highest BCUT2D eigenvalue weighted by Crippen LogP contribution is 2.30. The largest absolute Gasteiger partial charge is 0.497 e. The standard InChI is InChI=1S/C29H32N4O2/c1-21(2)29(34)32-17-15-31(16-18-32)20-26-28(23-9-12-25(35-3)13-10-23)30-27-14-11-24(19-33(26)27)22-7-5-4-6-8-22/h4-14,19,21H,15-18,20H2,1-3H3. The summed E-state index contributed by atoms with van der Waals surface area (Å²) in [5.74, 6) is 1.11. The molecule has 6 heteroatoms. The van der Waals surface area contributed by atoms with E-state index >= 15 is 0 Å². The average molecular weight is 469 g/mol. The summed E-state index contributed by atoms with van der Waals surface area (Å²) in [6, 6.07) is 22.8. The predicted molar refractivity (Wildman–Crippen MR) is 139 cm³/mol. The van der Waals surface area contributed by atoms with Crippen LogP contribution in [0.2, 0.25) is 0 Å². The van der Waals surface area contributed by atoms with E-state index < -0.39 is 0 Å². The van der Waals surface area contributed by atoms with Crippen molar-refractivity contribution in [1.82, 2.24) is 19.2 Å². The number of rotatable bonds is 6. The summed E-state index contributed by atoms with van der Waals surface area (Å²) in [6.45, 7) is 7.95. The van der Waals surface area contributed by atoms with Crippen LogP contribution in [0.15, 0.2) is 72.9 Å². The molecule has 0 spiro atoms. The number of pyridine rings is 1. The third-order valence-electron chi connectivity index (χ3n) is 6.74. The van der Waals surface area contributed by atoms with Crippen LogP contribution in [0.25, 0.3) is 28.0 Å². The summed E-state index contributed by atoms with van der Waals surface area (Å²) in [7, 11) is 1.68. The maximum absolute atomic E-state index is 12.4. The summed E-state index contributed by atoms with van der Waals surface area (Å²) in [6.07, 6.45) is 2.19. The van der Waals surface area contributed by atoms with Crippen LogP contribution in [-0.4, -0.2) is 58.4 Å². The molecule has 1 amide bonds. The van der Waals surface area contributed by atoms with Crippen LogP contribution in [0.4, 0.5) is 0 Å². The van der Waals surface area contributed by atoms with Gasteiger partial charge in [-0.05, 0) is 47.5 Å². The molecule has 35 heavy (non-hydrogen) atoms. The van der Waals surface area contributed by atoms with Gasteiger partial charge in [0.15, 0.2) is 0 Å². The first kappa shape index (κ1) is 23.1. The SMILES string of the molecule is COc1ccc(-c2nc3ccc(-c4ccccc4)cn3c2CN2CCN(C(=O)C(C)C)CC2)cc1. The van der Waals surface area contributed by atoms with Crippen molar-refractivity contribution in [1.29, 1.82) is 0 Å². The van der Waals surface area contributed by atoms with Gasteiger partial charge in [-0.25, -0.2) is 4.98 Å². The Morgan fingerprint density at radius 3 is 2.23 bits per heavy atom. The minimum absolute atomic E-state index is 0.0402. The summed E-state index contributed by atoms with van der Waals surface area (Å²) in [5, 5.41) is 0. The van der Waals surface area contributed by atoms with Gasteiger partial charge < -0.3 is 14.0 Å². The van der Waals surface area contributed by atoms with Crippen molar-refractivity contribution in [2.24, 2.45) is 5.92 Å². The number of hydrogen-bond acceptors (Lipinski definition) is 4. The monoisotopic (exact) mass is 468 g/mol. The third kappa shape index (κ3) is 4.80. The second-order valence-electron chi connectivity index (χ2n) is 9.40. The van der Waals surface area contributed by atoms with Crippen molar-refractivity contribution >= 4 is 11.6 Å². The van der Waals surface area contributed by atoms with Gasteiger partial charge in [0.1, 0.15) is 11.4 Å². The number of carbonyl (C=O) groups is 1. The fraction of sp³-hybridized carbons (Fsp3) is 0.310. The number of ether oxygens (including phenoxy) is 1. The first-order valence-corrected chi connectivity index (χ1v) is 12.3. The van der Waals surface area contributed by atoms with Gasteiger partial charge in [0.05, 0.1) is 18.5 Å². The van der Waals surface area contributed by atoms with E-state index in [1.54, 1.807) is 7.11 Å². The van der Waals surface area contributed by atoms with Crippen LogP contribution >= 0.6 is 0 Å². The highest BCUT2D eigenvalue weighted by molar-refractivity contribution is 5.78. The highest BCUT2D eigenvalue weighted by atomic mass is 16.5. The van der Waals surface area contributed by atoms with Crippen LogP contribution in [0.1, 0.15) is 19.5 Å². The Kier molecular flexibility index (Phi) is 6.55. The fourth-order valence-corrected chi connectivity index (χ4v) is 4.73. The Morgan fingerprint density at radius 2 is 1.57 bits per heavy atom. The number of amides is 1. The summed E-state index contributed by atoms with van der Waals surface area (Å²) in [5.41, 5.74) is 6.48. The van der Waals surface area contributed by atoms with Crippen LogP contribution in [-0.2, 0) is 11.3 Å². The molecule has 3 heterocycles. The molecule has 1 fully saturated rings. The number of nitrogens with zero attached hydrogens (tertiary/aromatic N) is 4. The molecule has 6 nitrogen and oxygen atoms in total. The zero-order valence-electron chi connectivity index (χ0n) is 20.6. The Balaban J connectivity index is 1.50. The van der Waals surface area contributed by atoms with Gasteiger partial charge in [0.2, 0.25) is 5.91 Å². The molecule has 0 radical (unpaired) electrons. The van der Waals surface area contributed by atoms with E-state index in [0.717, 1.165) is 66.6 Å². The number of imidazole rings is 1. The lowest BCUT2D eigenvalue weighted by Gasteiger charge is -2.35. The summed E-state index contributed by atoms with van der Waals surface area (Å²) >= 11 is 0. The van der Waals surface area contributed by atoms with Crippen molar-refractivity contribution < 1.29 is 9.53 Å². The van der Waals surface area contributed by atoms with Crippen LogP contribution in [0, 0.1) is 5.92 Å². The van der Waals surface area contributed by atoms with Crippen LogP contribution in [0.3, 0.4) is 0 Å². The van der Waals surface area contributed by atoms with Crippen molar-refractivity contribution in [3.63, 3.8) is 0 Å². The summed E-state index contributed by atoms with van der Waals surface area (Å²) < 4.78 is 7.59. The normalized spacial score (nSPS) is 14.6. The molecule has 0 unspecified atom stereocenters. The average Bonchev–Trinajstić information content (AvgIpc) is 3.26. The maximum Gasteiger partial charge on any atom is 0.225 e. The van der Waals surface area contributed by atoms with Crippen molar-refractivity contribution in [3.05, 3.63) is 78.6 Å². The molecule has 1 saturated heterocycles. The van der Waals surface area contributed by atoms with E-state index in [1.165, 1.54) is 5.56 Å². The zero-order chi connectivity index (χ0) is 24.4. The van der Waals surface area contributed by atoms with Gasteiger partial charge in [-0.15, -0.1) is 0 Å². The van der Waals surface area contributed by atoms with E-state index in [2.05, 4.69) is 64.0 Å². The van der Waals surface area contributed by atoms with E-state index in [1.807, 2.05) is 36.9 Å². The molecule has 4 aromatic rings. The molecule has 5 rings (SSSR count). The number of carbonyl (C=O) groups excluding carboxylic acids is 1. The van der Waals surface area contributed by atoms with E-state index in [9.17, 15) is 4.79 Å². The molecule has 2 aromatic heterocycles. The molecule has 1 aliphatic heterocycles. The lowest BCUT2D eigenvalue weighted by molar-refractivity contribution is -0.136. The second-order valence-corrected chi connectivity index (χ2v) is 9.40. The molecule has 0 bridgehead atoms. The number of methoxy groups -OCH3 is 1. The quantitative estimate of drug-likeness (QED) is 0.401. The molecular weight excluding hydrogens is 436 g/mol. The molecule has 0 saturated carbocycles. The zero-order valence-corrected chi connectivity index (χ0v) is 20.6. The minimum Gasteiger partial charge on any atom is -0.497 e. The first-order chi connectivity index (χ1) is 17.0. The second kappa shape index (κ2) is 9.92. The van der Waals surface area contributed by atoms with E-state index in [-0.39, 0.29) is 11.8 Å². The first-order valence-electron chi connectivity index (χ1n) is 12.3. The molecule has 0 N–H and O–H groups in total. The number of piperazine rings is 1. The van der Waals surface area contributed by atoms with Gasteiger partial charge in [0, 0.05) is 50.4 Å². The fourth-order valence-electron chi connectivity index (χ4n) is 4.73. The topological polar surface area (TPSA) is 50.1 Å². The smallest absolute Gasteiger partial charge is 0.225 e. The molecular formula is C29H32N4O2. The molecule has 1 aliphatic rings. The minimum atomic E-state index is 0.0402. The maximum atomic E-state index is 12.4. The Morgan fingerprint density at radius 1 is 0.886 bits per heavy atom. The van der Waals surface area contributed by atoms with Gasteiger partial charge in [0.25, 0.3) is 0 Å². The van der Waals surface area contributed by atoms with E-state index in [4.69, 9.17) is 9.72 Å². The van der Waals surface area contributed by atoms with Gasteiger partial charge in [-0.3, -0.25) is 9.69 Å².